The van der Waals surface area contributed by atoms with Crippen LogP contribution >= 0.6 is 0 Å². The fourth-order valence-electron chi connectivity index (χ4n) is 2.47. The maximum atomic E-state index is 5.97. The average Bonchev–Trinajstić information content (AvgIpc) is 2.47. The molecule has 1 aliphatic heterocycles. The van der Waals surface area contributed by atoms with Gasteiger partial charge in [0.15, 0.2) is 6.29 Å². The van der Waals surface area contributed by atoms with Gasteiger partial charge < -0.3 is 9.47 Å². The molecule has 1 atom stereocenters. The quantitative estimate of drug-likeness (QED) is 0.802. The van der Waals surface area contributed by atoms with Crippen LogP contribution in [0.15, 0.2) is 30.3 Å². The summed E-state index contributed by atoms with van der Waals surface area (Å²) >= 11 is 0. The Morgan fingerprint density at radius 3 is 2.17 bits per heavy atom. The van der Waals surface area contributed by atoms with E-state index < -0.39 is 0 Å². The van der Waals surface area contributed by atoms with E-state index in [1.54, 1.807) is 0 Å². The Labute approximate surface area is 110 Å². The normalized spacial score (nSPS) is 21.7. The fourth-order valence-corrected chi connectivity index (χ4v) is 2.47. The summed E-state index contributed by atoms with van der Waals surface area (Å²) in [7, 11) is 0. The molecule has 0 radical (unpaired) electrons. The molecule has 2 heteroatoms. The molecule has 1 fully saturated rings. The summed E-state index contributed by atoms with van der Waals surface area (Å²) < 4.78 is 11.9. The predicted octanol–water partition coefficient (Wildman–Crippen LogP) is 3.97. The van der Waals surface area contributed by atoms with Crippen LogP contribution in [-0.2, 0) is 9.47 Å². The Morgan fingerprint density at radius 2 is 1.67 bits per heavy atom. The van der Waals surface area contributed by atoms with Crippen molar-refractivity contribution in [2.45, 2.75) is 45.8 Å². The number of ether oxygens (including phenoxy) is 2. The molecule has 1 saturated heterocycles. The first-order valence-electron chi connectivity index (χ1n) is 6.99. The van der Waals surface area contributed by atoms with Crippen LogP contribution in [0.2, 0.25) is 0 Å². The van der Waals surface area contributed by atoms with Crippen LogP contribution in [0.1, 0.15) is 45.1 Å². The highest BCUT2D eigenvalue weighted by molar-refractivity contribution is 5.19. The van der Waals surface area contributed by atoms with Crippen LogP contribution in [0, 0.1) is 5.41 Å². The molecule has 1 heterocycles. The lowest BCUT2D eigenvalue weighted by Crippen LogP contribution is -2.42. The summed E-state index contributed by atoms with van der Waals surface area (Å²) in [6.45, 7) is 8.25. The van der Waals surface area contributed by atoms with Gasteiger partial charge in [0.2, 0.25) is 0 Å². The highest BCUT2D eigenvalue weighted by Crippen LogP contribution is 2.35. The second-order valence-electron chi connectivity index (χ2n) is 5.40. The molecule has 0 N–H and O–H groups in total. The molecule has 0 aromatic heterocycles. The van der Waals surface area contributed by atoms with Gasteiger partial charge >= 0.3 is 0 Å². The molecule has 100 valence electrons. The first kappa shape index (κ1) is 13.6. The van der Waals surface area contributed by atoms with Gasteiger partial charge in [0.05, 0.1) is 13.2 Å². The van der Waals surface area contributed by atoms with Crippen molar-refractivity contribution >= 4 is 0 Å². The molecule has 0 bridgehead atoms. The van der Waals surface area contributed by atoms with Crippen molar-refractivity contribution in [3.05, 3.63) is 35.9 Å². The van der Waals surface area contributed by atoms with E-state index in [4.69, 9.17) is 9.47 Å². The maximum absolute atomic E-state index is 5.97. The summed E-state index contributed by atoms with van der Waals surface area (Å²) in [6, 6.07) is 10.4. The lowest BCUT2D eigenvalue weighted by atomic mass is 9.83. The van der Waals surface area contributed by atoms with Gasteiger partial charge in [-0.1, -0.05) is 51.1 Å². The van der Waals surface area contributed by atoms with Crippen molar-refractivity contribution in [3.63, 3.8) is 0 Å². The molecule has 0 unspecified atom stereocenters. The largest absolute Gasteiger partial charge is 0.351 e. The standard InChI is InChI=1S/C16H24O2/c1-4-16(5-2)11-17-15(18-12-16)13(3)14-9-7-6-8-10-14/h6-10,13,15H,4-5,11-12H2,1-3H3/t13-/m1/s1. The number of rotatable bonds is 4. The Hall–Kier alpha value is -0.860. The van der Waals surface area contributed by atoms with Crippen molar-refractivity contribution in [3.8, 4) is 0 Å². The second-order valence-corrected chi connectivity index (χ2v) is 5.40. The third kappa shape index (κ3) is 2.76. The summed E-state index contributed by atoms with van der Waals surface area (Å²) in [5.41, 5.74) is 1.51. The molecule has 0 amide bonds. The van der Waals surface area contributed by atoms with Crippen LogP contribution in [-0.4, -0.2) is 19.5 Å². The van der Waals surface area contributed by atoms with Crippen molar-refractivity contribution in [1.29, 1.82) is 0 Å². The van der Waals surface area contributed by atoms with Gasteiger partial charge in [-0.15, -0.1) is 0 Å². The van der Waals surface area contributed by atoms with E-state index >= 15 is 0 Å². The minimum atomic E-state index is -0.0985. The van der Waals surface area contributed by atoms with Crippen molar-refractivity contribution < 1.29 is 9.47 Å². The zero-order chi connectivity index (χ0) is 13.0. The van der Waals surface area contributed by atoms with Crippen LogP contribution in [0.25, 0.3) is 0 Å². The van der Waals surface area contributed by atoms with Crippen molar-refractivity contribution in [2.75, 3.05) is 13.2 Å². The number of benzene rings is 1. The van der Waals surface area contributed by atoms with E-state index in [1.807, 2.05) is 6.07 Å². The smallest absolute Gasteiger partial charge is 0.164 e. The van der Waals surface area contributed by atoms with Gasteiger partial charge in [0.1, 0.15) is 0 Å². The first-order chi connectivity index (χ1) is 8.71. The minimum Gasteiger partial charge on any atom is -0.351 e. The maximum Gasteiger partial charge on any atom is 0.164 e. The van der Waals surface area contributed by atoms with E-state index in [0.717, 1.165) is 26.1 Å². The fraction of sp³-hybridized carbons (Fsp3) is 0.625. The molecular formula is C16H24O2. The van der Waals surface area contributed by atoms with Gasteiger partial charge in [-0.25, -0.2) is 0 Å². The van der Waals surface area contributed by atoms with Gasteiger partial charge in [0, 0.05) is 11.3 Å². The van der Waals surface area contributed by atoms with Gasteiger partial charge in [-0.2, -0.15) is 0 Å². The van der Waals surface area contributed by atoms with Gasteiger partial charge in [-0.05, 0) is 18.4 Å². The van der Waals surface area contributed by atoms with E-state index in [-0.39, 0.29) is 17.6 Å². The van der Waals surface area contributed by atoms with Crippen LogP contribution in [0.4, 0.5) is 0 Å². The van der Waals surface area contributed by atoms with Crippen LogP contribution in [0.3, 0.4) is 0 Å². The predicted molar refractivity (Wildman–Crippen MR) is 73.6 cm³/mol. The van der Waals surface area contributed by atoms with E-state index in [0.29, 0.717) is 0 Å². The molecule has 0 aliphatic carbocycles. The van der Waals surface area contributed by atoms with Crippen LogP contribution < -0.4 is 0 Å². The Morgan fingerprint density at radius 1 is 1.11 bits per heavy atom. The molecular weight excluding hydrogens is 224 g/mol. The van der Waals surface area contributed by atoms with E-state index in [1.165, 1.54) is 5.56 Å². The minimum absolute atomic E-state index is 0.0985. The molecule has 0 spiro atoms. The van der Waals surface area contributed by atoms with E-state index in [2.05, 4.69) is 45.0 Å². The van der Waals surface area contributed by atoms with E-state index in [9.17, 15) is 0 Å². The Kier molecular flexibility index (Phi) is 4.41. The third-order valence-corrected chi connectivity index (χ3v) is 4.34. The average molecular weight is 248 g/mol. The molecule has 2 nitrogen and oxygen atoms in total. The summed E-state index contributed by atoms with van der Waals surface area (Å²) in [4.78, 5) is 0. The number of hydrogen-bond acceptors (Lipinski definition) is 2. The van der Waals surface area contributed by atoms with Crippen molar-refractivity contribution in [1.82, 2.24) is 0 Å². The lowest BCUT2D eigenvalue weighted by molar-refractivity contribution is -0.238. The second kappa shape index (κ2) is 5.85. The molecule has 18 heavy (non-hydrogen) atoms. The van der Waals surface area contributed by atoms with Crippen molar-refractivity contribution in [2.24, 2.45) is 5.41 Å². The summed E-state index contributed by atoms with van der Waals surface area (Å²) in [5, 5.41) is 0. The zero-order valence-corrected chi connectivity index (χ0v) is 11.7. The Bertz CT molecular complexity index is 347. The lowest BCUT2D eigenvalue weighted by Gasteiger charge is -2.40. The zero-order valence-electron chi connectivity index (χ0n) is 11.7. The molecule has 1 aliphatic rings. The first-order valence-corrected chi connectivity index (χ1v) is 6.99. The topological polar surface area (TPSA) is 18.5 Å². The highest BCUT2D eigenvalue weighted by atomic mass is 16.7. The third-order valence-electron chi connectivity index (χ3n) is 4.34. The van der Waals surface area contributed by atoms with Crippen LogP contribution in [0.5, 0.6) is 0 Å². The molecule has 1 aromatic carbocycles. The van der Waals surface area contributed by atoms with Gasteiger partial charge in [-0.3, -0.25) is 0 Å². The monoisotopic (exact) mass is 248 g/mol. The SMILES string of the molecule is CCC1(CC)COC([C@H](C)c2ccccc2)OC1. The number of hydrogen-bond donors (Lipinski definition) is 0. The molecule has 2 rings (SSSR count). The molecule has 1 aromatic rings. The molecule has 0 saturated carbocycles. The Balaban J connectivity index is 1.98. The highest BCUT2D eigenvalue weighted by Gasteiger charge is 2.36. The summed E-state index contributed by atoms with van der Waals surface area (Å²) in [5.74, 6) is 0.290. The van der Waals surface area contributed by atoms with Gasteiger partial charge in [0.25, 0.3) is 0 Å². The summed E-state index contributed by atoms with van der Waals surface area (Å²) in [6.07, 6.45) is 2.14.